The number of anilines is 1. The van der Waals surface area contributed by atoms with Crippen molar-refractivity contribution in [3.05, 3.63) is 52.2 Å². The van der Waals surface area contributed by atoms with Gasteiger partial charge in [0.2, 0.25) is 0 Å². The molecule has 1 aliphatic heterocycles. The van der Waals surface area contributed by atoms with E-state index in [2.05, 4.69) is 18.3 Å². The van der Waals surface area contributed by atoms with Crippen LogP contribution in [0, 0.1) is 0 Å². The van der Waals surface area contributed by atoms with Crippen LogP contribution in [0.1, 0.15) is 29.1 Å². The van der Waals surface area contributed by atoms with Crippen molar-refractivity contribution in [1.29, 1.82) is 0 Å². The Morgan fingerprint density at radius 1 is 1.26 bits per heavy atom. The van der Waals surface area contributed by atoms with E-state index in [1.54, 1.807) is 11.3 Å². The van der Waals surface area contributed by atoms with Gasteiger partial charge < -0.3 is 10.2 Å². The van der Waals surface area contributed by atoms with Gasteiger partial charge in [0, 0.05) is 12.2 Å². The van der Waals surface area contributed by atoms with Crippen molar-refractivity contribution < 1.29 is 4.79 Å². The van der Waals surface area contributed by atoms with Gasteiger partial charge in [0.15, 0.2) is 0 Å². The molecule has 1 unspecified atom stereocenters. The number of carbonyl (C=O) groups is 1. The third-order valence-electron chi connectivity index (χ3n) is 3.64. The molecule has 1 aromatic carbocycles. The SMILES string of the molecule is CCN1C(=O)c2ccccc2NC1(C)c1cccs1. The highest BCUT2D eigenvalue weighted by Gasteiger charge is 2.42. The zero-order valence-corrected chi connectivity index (χ0v) is 11.8. The largest absolute Gasteiger partial charge is 0.358 e. The molecule has 2 aromatic rings. The molecule has 0 fully saturated rings. The summed E-state index contributed by atoms with van der Waals surface area (Å²) in [6.07, 6.45) is 0. The Hall–Kier alpha value is -1.81. The number of carbonyl (C=O) groups excluding carboxylic acids is 1. The van der Waals surface area contributed by atoms with Gasteiger partial charge in [-0.15, -0.1) is 11.3 Å². The average molecular weight is 272 g/mol. The lowest BCUT2D eigenvalue weighted by Crippen LogP contribution is -2.55. The van der Waals surface area contributed by atoms with Crippen molar-refractivity contribution >= 4 is 22.9 Å². The number of hydrogen-bond donors (Lipinski definition) is 1. The van der Waals surface area contributed by atoms with Crippen LogP contribution >= 0.6 is 11.3 Å². The van der Waals surface area contributed by atoms with Gasteiger partial charge in [-0.05, 0) is 37.4 Å². The topological polar surface area (TPSA) is 32.3 Å². The Balaban J connectivity index is 2.15. The van der Waals surface area contributed by atoms with Crippen molar-refractivity contribution in [3.8, 4) is 0 Å². The van der Waals surface area contributed by atoms with Crippen molar-refractivity contribution in [2.24, 2.45) is 0 Å². The highest BCUT2D eigenvalue weighted by Crippen LogP contribution is 2.39. The average Bonchev–Trinajstić information content (AvgIpc) is 2.94. The summed E-state index contributed by atoms with van der Waals surface area (Å²) in [5.74, 6) is 0.0905. The maximum atomic E-state index is 12.6. The minimum Gasteiger partial charge on any atom is -0.358 e. The van der Waals surface area contributed by atoms with E-state index in [9.17, 15) is 4.79 Å². The quantitative estimate of drug-likeness (QED) is 0.907. The summed E-state index contributed by atoms with van der Waals surface area (Å²) in [5.41, 5.74) is 1.19. The van der Waals surface area contributed by atoms with Crippen molar-refractivity contribution in [2.75, 3.05) is 11.9 Å². The molecule has 0 spiro atoms. The first kappa shape index (κ1) is 12.2. The summed E-state index contributed by atoms with van der Waals surface area (Å²) in [4.78, 5) is 15.7. The third kappa shape index (κ3) is 1.75. The van der Waals surface area contributed by atoms with Crippen molar-refractivity contribution in [2.45, 2.75) is 19.5 Å². The second kappa shape index (κ2) is 4.38. The molecule has 1 aliphatic rings. The maximum Gasteiger partial charge on any atom is 0.258 e. The van der Waals surface area contributed by atoms with Gasteiger partial charge in [0.25, 0.3) is 5.91 Å². The number of thiophene rings is 1. The van der Waals surface area contributed by atoms with Gasteiger partial charge >= 0.3 is 0 Å². The van der Waals surface area contributed by atoms with Gasteiger partial charge in [-0.1, -0.05) is 18.2 Å². The zero-order chi connectivity index (χ0) is 13.5. The zero-order valence-electron chi connectivity index (χ0n) is 11.0. The van der Waals surface area contributed by atoms with Crippen LogP contribution in [0.25, 0.3) is 0 Å². The Morgan fingerprint density at radius 3 is 2.74 bits per heavy atom. The number of nitrogens with zero attached hydrogens (tertiary/aromatic N) is 1. The molecule has 0 aliphatic carbocycles. The molecule has 1 aromatic heterocycles. The first-order chi connectivity index (χ1) is 9.16. The number of rotatable bonds is 2. The van der Waals surface area contributed by atoms with E-state index in [-0.39, 0.29) is 5.91 Å². The Labute approximate surface area is 116 Å². The van der Waals surface area contributed by atoms with E-state index < -0.39 is 5.66 Å². The second-order valence-electron chi connectivity index (χ2n) is 4.77. The molecule has 1 N–H and O–H groups in total. The molecule has 0 bridgehead atoms. The lowest BCUT2D eigenvalue weighted by Gasteiger charge is -2.45. The van der Waals surface area contributed by atoms with Gasteiger partial charge in [-0.3, -0.25) is 4.79 Å². The van der Waals surface area contributed by atoms with Crippen LogP contribution in [0.15, 0.2) is 41.8 Å². The molecule has 1 atom stereocenters. The normalized spacial score (nSPS) is 22.0. The molecular weight excluding hydrogens is 256 g/mol. The molecule has 0 radical (unpaired) electrons. The summed E-state index contributed by atoms with van der Waals surface area (Å²) in [6, 6.07) is 11.8. The van der Waals surface area contributed by atoms with E-state index in [4.69, 9.17) is 0 Å². The number of benzene rings is 1. The van der Waals surface area contributed by atoms with Crippen LogP contribution < -0.4 is 5.32 Å². The minimum absolute atomic E-state index is 0.0905. The molecule has 3 rings (SSSR count). The summed E-state index contributed by atoms with van der Waals surface area (Å²) in [7, 11) is 0. The molecule has 4 heteroatoms. The third-order valence-corrected chi connectivity index (χ3v) is 4.72. The monoisotopic (exact) mass is 272 g/mol. The lowest BCUT2D eigenvalue weighted by molar-refractivity contribution is 0.0560. The Bertz CT molecular complexity index is 608. The Morgan fingerprint density at radius 2 is 2.05 bits per heavy atom. The fraction of sp³-hybridized carbons (Fsp3) is 0.267. The number of nitrogens with one attached hydrogen (secondary N) is 1. The van der Waals surface area contributed by atoms with E-state index in [0.29, 0.717) is 6.54 Å². The van der Waals surface area contributed by atoms with Crippen molar-refractivity contribution in [3.63, 3.8) is 0 Å². The number of para-hydroxylation sites is 1. The summed E-state index contributed by atoms with van der Waals surface area (Å²) < 4.78 is 0. The van der Waals surface area contributed by atoms with Crippen LogP contribution in [0.2, 0.25) is 0 Å². The number of amides is 1. The van der Waals surface area contributed by atoms with E-state index in [1.165, 1.54) is 0 Å². The van der Waals surface area contributed by atoms with Crippen LogP contribution in [-0.2, 0) is 5.66 Å². The summed E-state index contributed by atoms with van der Waals surface area (Å²) in [6.45, 7) is 4.75. The van der Waals surface area contributed by atoms with E-state index >= 15 is 0 Å². The summed E-state index contributed by atoms with van der Waals surface area (Å²) in [5, 5.41) is 5.57. The number of fused-ring (bicyclic) bond motifs is 1. The standard InChI is InChI=1S/C15H16N2OS/c1-3-17-14(18)11-7-4-5-8-12(11)16-15(17,2)13-9-6-10-19-13/h4-10,16H,3H2,1-2H3. The van der Waals surface area contributed by atoms with Crippen LogP contribution in [0.5, 0.6) is 0 Å². The van der Waals surface area contributed by atoms with Crippen LogP contribution in [0.4, 0.5) is 5.69 Å². The lowest BCUT2D eigenvalue weighted by atomic mass is 9.99. The molecule has 19 heavy (non-hydrogen) atoms. The van der Waals surface area contributed by atoms with Gasteiger partial charge in [-0.25, -0.2) is 0 Å². The predicted octanol–water partition coefficient (Wildman–Crippen LogP) is 3.51. The van der Waals surface area contributed by atoms with Gasteiger partial charge in [0.05, 0.1) is 10.4 Å². The predicted molar refractivity (Wildman–Crippen MR) is 78.4 cm³/mol. The van der Waals surface area contributed by atoms with E-state index in [1.807, 2.05) is 47.5 Å². The molecule has 3 nitrogen and oxygen atoms in total. The van der Waals surface area contributed by atoms with E-state index in [0.717, 1.165) is 16.1 Å². The van der Waals surface area contributed by atoms with Crippen molar-refractivity contribution in [1.82, 2.24) is 4.90 Å². The molecule has 98 valence electrons. The van der Waals surface area contributed by atoms with Crippen LogP contribution in [-0.4, -0.2) is 17.4 Å². The molecule has 2 heterocycles. The fourth-order valence-corrected chi connectivity index (χ4v) is 3.52. The first-order valence-corrected chi connectivity index (χ1v) is 7.28. The Kier molecular flexibility index (Phi) is 2.82. The fourth-order valence-electron chi connectivity index (χ4n) is 2.67. The highest BCUT2D eigenvalue weighted by atomic mass is 32.1. The molecule has 0 saturated carbocycles. The number of hydrogen-bond acceptors (Lipinski definition) is 3. The smallest absolute Gasteiger partial charge is 0.258 e. The second-order valence-corrected chi connectivity index (χ2v) is 5.72. The van der Waals surface area contributed by atoms with Crippen LogP contribution in [0.3, 0.4) is 0 Å². The molecule has 1 amide bonds. The molecular formula is C15H16N2OS. The summed E-state index contributed by atoms with van der Waals surface area (Å²) >= 11 is 1.67. The minimum atomic E-state index is -0.464. The highest BCUT2D eigenvalue weighted by molar-refractivity contribution is 7.10. The van der Waals surface area contributed by atoms with Gasteiger partial charge in [0.1, 0.15) is 5.66 Å². The molecule has 0 saturated heterocycles. The first-order valence-electron chi connectivity index (χ1n) is 6.40. The maximum absolute atomic E-state index is 12.6. The van der Waals surface area contributed by atoms with Gasteiger partial charge in [-0.2, -0.15) is 0 Å².